The largest absolute Gasteiger partial charge is 0.489 e. The number of amides is 1. The van der Waals surface area contributed by atoms with E-state index in [1.165, 1.54) is 0 Å². The molecule has 0 spiro atoms. The van der Waals surface area contributed by atoms with E-state index in [0.717, 1.165) is 17.9 Å². The van der Waals surface area contributed by atoms with Crippen molar-refractivity contribution in [2.45, 2.75) is 39.0 Å². The van der Waals surface area contributed by atoms with E-state index >= 15 is 0 Å². The zero-order valence-corrected chi connectivity index (χ0v) is 17.0. The van der Waals surface area contributed by atoms with E-state index in [9.17, 15) is 4.79 Å². The highest BCUT2D eigenvalue weighted by Crippen LogP contribution is 2.28. The molecule has 1 N–H and O–H groups in total. The number of halogens is 1. The van der Waals surface area contributed by atoms with E-state index in [-0.39, 0.29) is 18.1 Å². The molecule has 0 aliphatic carbocycles. The van der Waals surface area contributed by atoms with Gasteiger partial charge in [0.05, 0.1) is 12.7 Å². The van der Waals surface area contributed by atoms with Gasteiger partial charge in [0.1, 0.15) is 23.7 Å². The average Bonchev–Trinajstić information content (AvgIpc) is 2.83. The Balaban J connectivity index is 1.44. The lowest BCUT2D eigenvalue weighted by atomic mass is 10.2. The van der Waals surface area contributed by atoms with Gasteiger partial charge in [0.25, 0.3) is 0 Å². The van der Waals surface area contributed by atoms with Gasteiger partial charge < -0.3 is 14.8 Å². The van der Waals surface area contributed by atoms with Crippen LogP contribution in [0.5, 0.6) is 11.5 Å². The van der Waals surface area contributed by atoms with Gasteiger partial charge in [-0.15, -0.1) is 0 Å². The minimum Gasteiger partial charge on any atom is -0.489 e. The first kappa shape index (κ1) is 20.4. The molecule has 2 unspecified atom stereocenters. The monoisotopic (exact) mass is 403 g/mol. The van der Waals surface area contributed by atoms with Crippen molar-refractivity contribution >= 4 is 17.5 Å². The molecular weight excluding hydrogens is 378 g/mol. The molecule has 3 rings (SSSR count). The molecule has 1 aliphatic heterocycles. The molecule has 0 saturated heterocycles. The molecule has 0 bridgehead atoms. The fourth-order valence-corrected chi connectivity index (χ4v) is 3.37. The van der Waals surface area contributed by atoms with Crippen molar-refractivity contribution in [3.63, 3.8) is 0 Å². The number of carbonyl (C=O) groups is 1. The molecule has 1 aromatic carbocycles. The lowest BCUT2D eigenvalue weighted by Crippen LogP contribution is -2.37. The molecule has 0 fully saturated rings. The van der Waals surface area contributed by atoms with Crippen LogP contribution in [0.2, 0.25) is 5.02 Å². The number of pyridine rings is 1. The van der Waals surface area contributed by atoms with E-state index in [1.807, 2.05) is 44.2 Å². The Morgan fingerprint density at radius 2 is 2.32 bits per heavy atom. The van der Waals surface area contributed by atoms with Gasteiger partial charge in [-0.1, -0.05) is 11.6 Å². The summed E-state index contributed by atoms with van der Waals surface area (Å²) < 4.78 is 11.7. The Hall–Kier alpha value is -2.31. The Morgan fingerprint density at radius 3 is 3.11 bits per heavy atom. The quantitative estimate of drug-likeness (QED) is 0.768. The van der Waals surface area contributed by atoms with Gasteiger partial charge >= 0.3 is 0 Å². The number of hydrogen-bond donors (Lipinski definition) is 1. The van der Waals surface area contributed by atoms with Crippen LogP contribution in [-0.4, -0.2) is 47.6 Å². The highest BCUT2D eigenvalue weighted by atomic mass is 35.5. The first-order valence-corrected chi connectivity index (χ1v) is 9.88. The van der Waals surface area contributed by atoms with Crippen LogP contribution >= 0.6 is 11.6 Å². The fraction of sp³-hybridized carbons (Fsp3) is 0.429. The molecule has 2 atom stereocenters. The number of rotatable bonds is 7. The first-order chi connectivity index (χ1) is 13.5. The summed E-state index contributed by atoms with van der Waals surface area (Å²) in [5.41, 5.74) is 1.05. The van der Waals surface area contributed by atoms with Crippen LogP contribution < -0.4 is 14.8 Å². The van der Waals surface area contributed by atoms with Crippen molar-refractivity contribution in [2.75, 3.05) is 19.6 Å². The van der Waals surface area contributed by atoms with Crippen LogP contribution in [0.25, 0.3) is 0 Å². The van der Waals surface area contributed by atoms with Crippen LogP contribution in [0.3, 0.4) is 0 Å². The van der Waals surface area contributed by atoms with Gasteiger partial charge in [-0.05, 0) is 44.2 Å². The number of fused-ring (bicyclic) bond motifs is 1. The molecule has 0 saturated carbocycles. The number of carbonyl (C=O) groups excluding carboxylic acids is 1. The highest BCUT2D eigenvalue weighted by molar-refractivity contribution is 6.30. The summed E-state index contributed by atoms with van der Waals surface area (Å²) in [6.45, 7) is 6.54. The maximum atomic E-state index is 12.3. The topological polar surface area (TPSA) is 63.7 Å². The molecule has 1 aromatic heterocycles. The van der Waals surface area contributed by atoms with Crippen LogP contribution in [-0.2, 0) is 11.3 Å². The number of nitrogens with zero attached hydrogens (tertiary/aromatic N) is 2. The summed E-state index contributed by atoms with van der Waals surface area (Å²) in [5, 5.41) is 3.63. The van der Waals surface area contributed by atoms with Crippen molar-refractivity contribution in [2.24, 2.45) is 0 Å². The predicted molar refractivity (Wildman–Crippen MR) is 109 cm³/mol. The summed E-state index contributed by atoms with van der Waals surface area (Å²) in [7, 11) is 0. The van der Waals surface area contributed by atoms with Crippen LogP contribution in [0.4, 0.5) is 0 Å². The zero-order valence-electron chi connectivity index (χ0n) is 16.2. The lowest BCUT2D eigenvalue weighted by molar-refractivity contribution is -0.121. The fourth-order valence-electron chi connectivity index (χ4n) is 3.18. The summed E-state index contributed by atoms with van der Waals surface area (Å²) in [6, 6.07) is 9.34. The maximum Gasteiger partial charge on any atom is 0.221 e. The minimum absolute atomic E-state index is 0.00535. The summed E-state index contributed by atoms with van der Waals surface area (Å²) in [5.74, 6) is 1.57. The third-order valence-electron chi connectivity index (χ3n) is 4.47. The first-order valence-electron chi connectivity index (χ1n) is 9.50. The van der Waals surface area contributed by atoms with Gasteiger partial charge in [0.2, 0.25) is 5.91 Å². The van der Waals surface area contributed by atoms with Gasteiger partial charge in [0.15, 0.2) is 0 Å². The molecule has 0 radical (unpaired) electrons. The Bertz CT molecular complexity index is 788. The van der Waals surface area contributed by atoms with Crippen LogP contribution in [0.15, 0.2) is 42.7 Å². The van der Waals surface area contributed by atoms with Gasteiger partial charge in [-0.2, -0.15) is 0 Å². The second-order valence-corrected chi connectivity index (χ2v) is 7.52. The summed E-state index contributed by atoms with van der Waals surface area (Å²) in [4.78, 5) is 18.5. The molecule has 28 heavy (non-hydrogen) atoms. The van der Waals surface area contributed by atoms with Crippen molar-refractivity contribution < 1.29 is 14.3 Å². The summed E-state index contributed by atoms with van der Waals surface area (Å²) in [6.07, 6.45) is 3.69. The Labute approximate surface area is 170 Å². The number of benzene rings is 1. The molecule has 6 nitrogen and oxygen atoms in total. The van der Waals surface area contributed by atoms with E-state index in [1.54, 1.807) is 12.4 Å². The molecule has 2 heterocycles. The summed E-state index contributed by atoms with van der Waals surface area (Å²) >= 11 is 6.12. The normalized spacial score (nSPS) is 17.8. The number of ether oxygens (including phenoxy) is 2. The molecule has 150 valence electrons. The second kappa shape index (κ2) is 9.75. The molecule has 2 aromatic rings. The molecule has 7 heteroatoms. The molecular formula is C21H26ClN3O3. The van der Waals surface area contributed by atoms with Crippen LogP contribution in [0.1, 0.15) is 25.8 Å². The maximum absolute atomic E-state index is 12.3. The van der Waals surface area contributed by atoms with Crippen molar-refractivity contribution in [3.05, 3.63) is 53.3 Å². The molecule has 1 aliphatic rings. The van der Waals surface area contributed by atoms with E-state index in [0.29, 0.717) is 36.8 Å². The van der Waals surface area contributed by atoms with Crippen molar-refractivity contribution in [3.8, 4) is 11.5 Å². The zero-order chi connectivity index (χ0) is 19.9. The second-order valence-electron chi connectivity index (χ2n) is 7.09. The molecule has 1 amide bonds. The lowest BCUT2D eigenvalue weighted by Gasteiger charge is -2.21. The smallest absolute Gasteiger partial charge is 0.221 e. The number of aromatic nitrogens is 1. The SMILES string of the molecule is CC(CNC(=O)CCN1Cc2cc(Cl)ccc2OC(C)C1)Oc1cccnc1. The van der Waals surface area contributed by atoms with E-state index < -0.39 is 0 Å². The Kier molecular flexibility index (Phi) is 7.12. The standard InChI is InChI=1S/C21H26ClN3O3/c1-15(27-19-4-3-8-23-12-19)11-24-21(26)7-9-25-13-16(2)28-20-6-5-18(22)10-17(20)14-25/h3-6,8,10,12,15-16H,7,9,11,13-14H2,1-2H3,(H,24,26). The van der Waals surface area contributed by atoms with E-state index in [2.05, 4.69) is 15.2 Å². The minimum atomic E-state index is -0.131. The Morgan fingerprint density at radius 1 is 1.46 bits per heavy atom. The van der Waals surface area contributed by atoms with Gasteiger partial charge in [-0.25, -0.2) is 0 Å². The van der Waals surface area contributed by atoms with Gasteiger partial charge in [-0.3, -0.25) is 14.7 Å². The third-order valence-corrected chi connectivity index (χ3v) is 4.71. The van der Waals surface area contributed by atoms with Crippen molar-refractivity contribution in [1.82, 2.24) is 15.2 Å². The van der Waals surface area contributed by atoms with E-state index in [4.69, 9.17) is 21.1 Å². The number of hydrogen-bond acceptors (Lipinski definition) is 5. The van der Waals surface area contributed by atoms with Crippen LogP contribution in [0, 0.1) is 0 Å². The predicted octanol–water partition coefficient (Wildman–Crippen LogP) is 3.29. The number of nitrogens with one attached hydrogen (secondary N) is 1. The highest BCUT2D eigenvalue weighted by Gasteiger charge is 2.21. The third kappa shape index (κ3) is 6.11. The van der Waals surface area contributed by atoms with Crippen molar-refractivity contribution in [1.29, 1.82) is 0 Å². The average molecular weight is 404 g/mol. The van der Waals surface area contributed by atoms with Gasteiger partial charge in [0, 0.05) is 42.8 Å².